The van der Waals surface area contributed by atoms with Gasteiger partial charge in [0.05, 0.1) is 0 Å². The van der Waals surface area contributed by atoms with Crippen molar-refractivity contribution in [3.8, 4) is 0 Å². The largest absolute Gasteiger partial charge is 0.324 e. The van der Waals surface area contributed by atoms with Crippen LogP contribution in [0.25, 0.3) is 0 Å². The Morgan fingerprint density at radius 3 is 1.66 bits per heavy atom. The molecule has 0 amide bonds. The van der Waals surface area contributed by atoms with E-state index in [9.17, 15) is 8.78 Å². The maximum atomic E-state index is 12.7. The summed E-state index contributed by atoms with van der Waals surface area (Å²) in [4.78, 5) is 0. The maximum Gasteiger partial charge on any atom is 0.123 e. The number of halogens is 2. The number of unbranched alkanes of at least 4 members (excludes halogenated alkanes) is 1. The Bertz CT molecular complexity index is 818. The number of rotatable bonds is 7. The molecule has 3 aromatic rings. The van der Waals surface area contributed by atoms with E-state index in [-0.39, 0.29) is 23.7 Å². The van der Waals surface area contributed by atoms with E-state index in [1.807, 2.05) is 30.3 Å². The van der Waals surface area contributed by atoms with Crippen LogP contribution in [0.3, 0.4) is 0 Å². The number of nitrogens with two attached hydrogens (primary N) is 2. The Labute approximate surface area is 172 Å². The lowest BCUT2D eigenvalue weighted by Crippen LogP contribution is -2.13. The van der Waals surface area contributed by atoms with Crippen molar-refractivity contribution in [2.75, 3.05) is 0 Å². The Morgan fingerprint density at radius 1 is 0.690 bits per heavy atom. The minimum Gasteiger partial charge on any atom is -0.324 e. The Hall–Kier alpha value is -2.56. The van der Waals surface area contributed by atoms with Crippen molar-refractivity contribution < 1.29 is 8.78 Å². The predicted octanol–water partition coefficient (Wildman–Crippen LogP) is 6.08. The first kappa shape index (κ1) is 22.7. The molecule has 0 spiro atoms. The Morgan fingerprint density at radius 2 is 1.17 bits per heavy atom. The normalized spacial score (nSPS) is 12.6. The highest BCUT2D eigenvalue weighted by molar-refractivity contribution is 5.23. The second kappa shape index (κ2) is 12.1. The molecular formula is C25H30F2N2. The fourth-order valence-electron chi connectivity index (χ4n) is 3.00. The van der Waals surface area contributed by atoms with Gasteiger partial charge in [-0.2, -0.15) is 0 Å². The molecule has 3 aromatic carbocycles. The molecular weight excluding hydrogens is 366 g/mol. The molecule has 0 saturated heterocycles. The first-order valence-corrected chi connectivity index (χ1v) is 10.1. The molecule has 4 N–H and O–H groups in total. The third-order valence-corrected chi connectivity index (χ3v) is 4.76. The van der Waals surface area contributed by atoms with Crippen LogP contribution < -0.4 is 11.5 Å². The fourth-order valence-corrected chi connectivity index (χ4v) is 3.00. The smallest absolute Gasteiger partial charge is 0.123 e. The first-order chi connectivity index (χ1) is 14.0. The summed E-state index contributed by atoms with van der Waals surface area (Å²) in [6.45, 7) is 2.14. The summed E-state index contributed by atoms with van der Waals surface area (Å²) in [5.74, 6) is -0.429. The van der Waals surface area contributed by atoms with Gasteiger partial charge in [-0.15, -0.1) is 0 Å². The second-order valence-electron chi connectivity index (χ2n) is 7.15. The van der Waals surface area contributed by atoms with Gasteiger partial charge in [0.25, 0.3) is 0 Å². The molecule has 0 radical (unpaired) electrons. The van der Waals surface area contributed by atoms with Gasteiger partial charge >= 0.3 is 0 Å². The molecule has 0 aliphatic heterocycles. The Balaban J connectivity index is 0.000000212. The zero-order valence-electron chi connectivity index (χ0n) is 16.9. The molecule has 0 aliphatic carbocycles. The van der Waals surface area contributed by atoms with Gasteiger partial charge in [0.15, 0.2) is 0 Å². The molecule has 154 valence electrons. The molecule has 2 nitrogen and oxygen atoms in total. The van der Waals surface area contributed by atoms with Crippen molar-refractivity contribution >= 4 is 0 Å². The highest BCUT2D eigenvalue weighted by Gasteiger charge is 2.06. The van der Waals surface area contributed by atoms with Crippen molar-refractivity contribution in [1.29, 1.82) is 0 Å². The summed E-state index contributed by atoms with van der Waals surface area (Å²) in [6.07, 6.45) is 4.02. The molecule has 3 rings (SSSR count). The summed E-state index contributed by atoms with van der Waals surface area (Å²) in [6, 6.07) is 22.8. The van der Waals surface area contributed by atoms with Gasteiger partial charge < -0.3 is 11.5 Å². The van der Waals surface area contributed by atoms with Crippen molar-refractivity contribution in [2.45, 2.75) is 44.7 Å². The van der Waals surface area contributed by atoms with Crippen LogP contribution in [0, 0.1) is 11.6 Å². The lowest BCUT2D eigenvalue weighted by molar-refractivity contribution is 0.597. The van der Waals surface area contributed by atoms with E-state index in [2.05, 4.69) is 6.92 Å². The van der Waals surface area contributed by atoms with Crippen LogP contribution in [0.5, 0.6) is 0 Å². The van der Waals surface area contributed by atoms with Gasteiger partial charge in [-0.25, -0.2) is 8.78 Å². The summed E-state index contributed by atoms with van der Waals surface area (Å²) in [7, 11) is 0. The van der Waals surface area contributed by atoms with Crippen molar-refractivity contribution in [3.05, 3.63) is 107 Å². The van der Waals surface area contributed by atoms with Crippen LogP contribution in [-0.4, -0.2) is 0 Å². The quantitative estimate of drug-likeness (QED) is 0.508. The third-order valence-electron chi connectivity index (χ3n) is 4.76. The van der Waals surface area contributed by atoms with Crippen LogP contribution in [0.4, 0.5) is 8.78 Å². The van der Waals surface area contributed by atoms with Gasteiger partial charge in [-0.1, -0.05) is 74.4 Å². The molecule has 2 unspecified atom stereocenters. The average molecular weight is 397 g/mol. The lowest BCUT2D eigenvalue weighted by atomic mass is 10.00. The number of benzene rings is 3. The van der Waals surface area contributed by atoms with E-state index in [0.717, 1.165) is 36.8 Å². The fraction of sp³-hybridized carbons (Fsp3) is 0.280. The molecule has 0 aromatic heterocycles. The first-order valence-electron chi connectivity index (χ1n) is 10.1. The van der Waals surface area contributed by atoms with Crippen LogP contribution in [-0.2, 0) is 6.42 Å². The van der Waals surface area contributed by atoms with E-state index in [0.29, 0.717) is 0 Å². The minimum absolute atomic E-state index is 0.0561. The van der Waals surface area contributed by atoms with E-state index < -0.39 is 0 Å². The van der Waals surface area contributed by atoms with Gasteiger partial charge in [0.1, 0.15) is 11.6 Å². The maximum absolute atomic E-state index is 12.7. The molecule has 0 bridgehead atoms. The van der Waals surface area contributed by atoms with E-state index in [1.54, 1.807) is 24.3 Å². The molecule has 0 aliphatic rings. The average Bonchev–Trinajstić information content (AvgIpc) is 2.74. The van der Waals surface area contributed by atoms with Crippen LogP contribution in [0.15, 0.2) is 78.9 Å². The van der Waals surface area contributed by atoms with Crippen molar-refractivity contribution in [3.63, 3.8) is 0 Å². The zero-order chi connectivity index (χ0) is 21.1. The molecule has 29 heavy (non-hydrogen) atoms. The van der Waals surface area contributed by atoms with Crippen molar-refractivity contribution in [2.24, 2.45) is 11.5 Å². The highest BCUT2D eigenvalue weighted by Crippen LogP contribution is 2.17. The summed E-state index contributed by atoms with van der Waals surface area (Å²) in [5.41, 5.74) is 15.1. The summed E-state index contributed by atoms with van der Waals surface area (Å²) >= 11 is 0. The van der Waals surface area contributed by atoms with Crippen LogP contribution >= 0.6 is 0 Å². The molecule has 4 heteroatoms. The van der Waals surface area contributed by atoms with Crippen LogP contribution in [0.1, 0.15) is 55.0 Å². The predicted molar refractivity (Wildman–Crippen MR) is 116 cm³/mol. The number of hydrogen-bond donors (Lipinski definition) is 2. The van der Waals surface area contributed by atoms with Gasteiger partial charge in [-0.05, 0) is 53.8 Å². The summed E-state index contributed by atoms with van der Waals surface area (Å²) in [5, 5.41) is 0. The molecule has 2 atom stereocenters. The second-order valence-corrected chi connectivity index (χ2v) is 7.15. The lowest BCUT2D eigenvalue weighted by Gasteiger charge is -2.11. The Kier molecular flexibility index (Phi) is 9.48. The molecule has 0 heterocycles. The molecule has 0 saturated carbocycles. The van der Waals surface area contributed by atoms with Crippen LogP contribution in [0.2, 0.25) is 0 Å². The van der Waals surface area contributed by atoms with E-state index >= 15 is 0 Å². The molecule has 0 fully saturated rings. The van der Waals surface area contributed by atoms with Gasteiger partial charge in [-0.3, -0.25) is 0 Å². The monoisotopic (exact) mass is 396 g/mol. The SMILES string of the molecule is CCCCC(N)c1ccc(F)cc1.NC(Cc1ccccc1)c1ccc(F)cc1. The minimum atomic E-state index is -0.226. The van der Waals surface area contributed by atoms with Gasteiger partial charge in [0.2, 0.25) is 0 Å². The highest BCUT2D eigenvalue weighted by atomic mass is 19.1. The van der Waals surface area contributed by atoms with E-state index in [4.69, 9.17) is 11.5 Å². The zero-order valence-corrected chi connectivity index (χ0v) is 16.9. The summed E-state index contributed by atoms with van der Waals surface area (Å²) < 4.78 is 25.3. The van der Waals surface area contributed by atoms with Crippen molar-refractivity contribution in [1.82, 2.24) is 0 Å². The topological polar surface area (TPSA) is 52.0 Å². The van der Waals surface area contributed by atoms with Gasteiger partial charge in [0, 0.05) is 12.1 Å². The third kappa shape index (κ3) is 8.14. The van der Waals surface area contributed by atoms with E-state index in [1.165, 1.54) is 29.8 Å². The standard InChI is InChI=1S/C14H14FN.C11H16FN/c15-13-8-6-12(7-9-13)14(16)10-11-4-2-1-3-5-11;1-2-3-4-11(13)9-5-7-10(12)8-6-9/h1-9,14H,10,16H2;5-8,11H,2-4,13H2,1H3. The number of hydrogen-bond acceptors (Lipinski definition) is 2.